The van der Waals surface area contributed by atoms with E-state index >= 15 is 0 Å². The number of imide groups is 1. The number of thioether (sulfide) groups is 1. The third-order valence-corrected chi connectivity index (χ3v) is 5.16. The first kappa shape index (κ1) is 13.0. The molecule has 2 saturated heterocycles. The Hall–Kier alpha value is -1.04. The summed E-state index contributed by atoms with van der Waals surface area (Å²) in [6.45, 7) is 1.22. The van der Waals surface area contributed by atoms with Crippen molar-refractivity contribution in [2.75, 3.05) is 18.8 Å². The van der Waals surface area contributed by atoms with E-state index in [1.165, 1.54) is 4.90 Å². The minimum Gasteiger partial charge on any atom is -0.340 e. The fourth-order valence-corrected chi connectivity index (χ4v) is 4.08. The Morgan fingerprint density at radius 3 is 2.53 bits per heavy atom. The van der Waals surface area contributed by atoms with Crippen LogP contribution in [0.4, 0.5) is 4.79 Å². The minimum atomic E-state index is -0.148. The van der Waals surface area contributed by atoms with Gasteiger partial charge in [-0.15, -0.1) is 0 Å². The number of hydrogen-bond donors (Lipinski definition) is 0. The van der Waals surface area contributed by atoms with Gasteiger partial charge in [-0.25, -0.2) is 0 Å². The van der Waals surface area contributed by atoms with Crippen molar-refractivity contribution in [1.82, 2.24) is 9.80 Å². The summed E-state index contributed by atoms with van der Waals surface area (Å²) in [6, 6.07) is -0.0969. The maximum Gasteiger partial charge on any atom is 0.289 e. The molecule has 2 aliphatic heterocycles. The van der Waals surface area contributed by atoms with Crippen LogP contribution in [-0.4, -0.2) is 51.7 Å². The molecule has 0 aromatic heterocycles. The van der Waals surface area contributed by atoms with Crippen molar-refractivity contribution in [3.05, 3.63) is 0 Å². The smallest absolute Gasteiger partial charge is 0.289 e. The predicted octanol–water partition coefficient (Wildman–Crippen LogP) is 1.47. The van der Waals surface area contributed by atoms with Crippen LogP contribution in [0, 0.1) is 5.92 Å². The molecular weight excluding hydrogens is 264 g/mol. The number of carbonyl (C=O) groups is 3. The van der Waals surface area contributed by atoms with E-state index in [1.54, 1.807) is 0 Å². The summed E-state index contributed by atoms with van der Waals surface area (Å²) >= 11 is 1.07. The topological polar surface area (TPSA) is 57.7 Å². The molecule has 3 amide bonds. The third kappa shape index (κ3) is 2.38. The lowest BCUT2D eigenvalue weighted by molar-refractivity contribution is -0.135. The van der Waals surface area contributed by atoms with Crippen LogP contribution >= 0.6 is 11.8 Å². The molecule has 1 atom stereocenters. The maximum absolute atomic E-state index is 12.3. The summed E-state index contributed by atoms with van der Waals surface area (Å²) < 4.78 is 0. The molecule has 19 heavy (non-hydrogen) atoms. The van der Waals surface area contributed by atoms with E-state index in [2.05, 4.69) is 0 Å². The SMILES string of the molecule is O=C(C1CCCC1)N1CCC(N2C(=O)CSC2=O)C1. The molecule has 3 fully saturated rings. The number of hydrogen-bond acceptors (Lipinski definition) is 4. The van der Waals surface area contributed by atoms with Crippen LogP contribution in [0.3, 0.4) is 0 Å². The molecule has 0 bridgehead atoms. The van der Waals surface area contributed by atoms with E-state index in [4.69, 9.17) is 0 Å². The normalized spacial score (nSPS) is 28.7. The monoisotopic (exact) mass is 282 g/mol. The highest BCUT2D eigenvalue weighted by Crippen LogP contribution is 2.30. The number of rotatable bonds is 2. The molecule has 1 aliphatic carbocycles. The molecule has 0 N–H and O–H groups in total. The number of nitrogens with zero attached hydrogens (tertiary/aromatic N) is 2. The van der Waals surface area contributed by atoms with E-state index in [1.807, 2.05) is 4.90 Å². The average Bonchev–Trinajstić information content (AvgIpc) is 3.10. The summed E-state index contributed by atoms with van der Waals surface area (Å²) in [4.78, 5) is 38.9. The van der Waals surface area contributed by atoms with Crippen molar-refractivity contribution >= 4 is 28.8 Å². The van der Waals surface area contributed by atoms with Crippen LogP contribution in [-0.2, 0) is 9.59 Å². The van der Waals surface area contributed by atoms with Crippen molar-refractivity contribution in [2.45, 2.75) is 38.1 Å². The van der Waals surface area contributed by atoms with E-state index < -0.39 is 0 Å². The first-order chi connectivity index (χ1) is 9.16. The summed E-state index contributed by atoms with van der Waals surface area (Å²) in [5, 5.41) is -0.148. The first-order valence-corrected chi connectivity index (χ1v) is 7.93. The lowest BCUT2D eigenvalue weighted by Gasteiger charge is -2.23. The Bertz CT molecular complexity index is 404. The van der Waals surface area contributed by atoms with E-state index in [9.17, 15) is 14.4 Å². The van der Waals surface area contributed by atoms with E-state index in [-0.39, 0.29) is 34.8 Å². The predicted molar refractivity (Wildman–Crippen MR) is 71.6 cm³/mol. The lowest BCUT2D eigenvalue weighted by Crippen LogP contribution is -2.42. The Morgan fingerprint density at radius 2 is 1.89 bits per heavy atom. The van der Waals surface area contributed by atoms with Crippen LogP contribution in [0.5, 0.6) is 0 Å². The highest BCUT2D eigenvalue weighted by Gasteiger charge is 2.41. The zero-order valence-corrected chi connectivity index (χ0v) is 11.7. The van der Waals surface area contributed by atoms with E-state index in [0.717, 1.165) is 43.9 Å². The molecule has 0 spiro atoms. The highest BCUT2D eigenvalue weighted by molar-refractivity contribution is 8.14. The van der Waals surface area contributed by atoms with E-state index in [0.29, 0.717) is 13.1 Å². The summed E-state index contributed by atoms with van der Waals surface area (Å²) in [7, 11) is 0. The van der Waals surface area contributed by atoms with Gasteiger partial charge in [-0.3, -0.25) is 19.3 Å². The largest absolute Gasteiger partial charge is 0.340 e. The minimum absolute atomic E-state index is 0.0969. The molecule has 6 heteroatoms. The second-order valence-electron chi connectivity index (χ2n) is 5.53. The molecule has 3 rings (SSSR count). The van der Waals surface area contributed by atoms with Crippen LogP contribution in [0.25, 0.3) is 0 Å². The Morgan fingerprint density at radius 1 is 1.16 bits per heavy atom. The van der Waals surface area contributed by atoms with Crippen molar-refractivity contribution in [2.24, 2.45) is 5.92 Å². The standard InChI is InChI=1S/C13H18N2O3S/c16-11-8-19-13(18)15(11)10-5-6-14(7-10)12(17)9-3-1-2-4-9/h9-10H,1-8H2. The second kappa shape index (κ2) is 5.15. The Balaban J connectivity index is 1.62. The van der Waals surface area contributed by atoms with Gasteiger partial charge in [0, 0.05) is 19.0 Å². The summed E-state index contributed by atoms with van der Waals surface area (Å²) in [5.41, 5.74) is 0. The van der Waals surface area contributed by atoms with Gasteiger partial charge in [0.15, 0.2) is 0 Å². The van der Waals surface area contributed by atoms with Crippen LogP contribution < -0.4 is 0 Å². The quantitative estimate of drug-likeness (QED) is 0.769. The molecule has 0 aromatic rings. The van der Waals surface area contributed by atoms with Gasteiger partial charge < -0.3 is 4.90 Å². The van der Waals surface area contributed by atoms with Gasteiger partial charge in [0.2, 0.25) is 11.8 Å². The Labute approximate surface area is 116 Å². The zero-order chi connectivity index (χ0) is 13.4. The van der Waals surface area contributed by atoms with Crippen molar-refractivity contribution in [3.63, 3.8) is 0 Å². The fourth-order valence-electron chi connectivity index (χ4n) is 3.30. The fraction of sp³-hybridized carbons (Fsp3) is 0.769. The highest BCUT2D eigenvalue weighted by atomic mass is 32.2. The first-order valence-electron chi connectivity index (χ1n) is 6.94. The summed E-state index contributed by atoms with van der Waals surface area (Å²) in [6.07, 6.45) is 5.02. The van der Waals surface area contributed by atoms with Gasteiger partial charge in [0.05, 0.1) is 11.8 Å². The molecule has 3 aliphatic rings. The van der Waals surface area contributed by atoms with Crippen LogP contribution in [0.2, 0.25) is 0 Å². The number of likely N-dealkylation sites (tertiary alicyclic amines) is 1. The third-order valence-electron chi connectivity index (χ3n) is 4.33. The molecule has 5 nitrogen and oxygen atoms in total. The average molecular weight is 282 g/mol. The maximum atomic E-state index is 12.3. The molecule has 1 saturated carbocycles. The molecule has 2 heterocycles. The van der Waals surface area contributed by atoms with Gasteiger partial charge in [0.1, 0.15) is 0 Å². The second-order valence-corrected chi connectivity index (χ2v) is 6.45. The molecular formula is C13H18N2O3S. The summed E-state index contributed by atoms with van der Waals surface area (Å²) in [5.74, 6) is 0.561. The lowest BCUT2D eigenvalue weighted by atomic mass is 10.1. The molecule has 0 aromatic carbocycles. The molecule has 104 valence electrons. The van der Waals surface area contributed by atoms with Crippen LogP contribution in [0.1, 0.15) is 32.1 Å². The van der Waals surface area contributed by atoms with Crippen molar-refractivity contribution < 1.29 is 14.4 Å². The Kier molecular flexibility index (Phi) is 3.52. The van der Waals surface area contributed by atoms with Gasteiger partial charge >= 0.3 is 0 Å². The van der Waals surface area contributed by atoms with Gasteiger partial charge in [-0.05, 0) is 19.3 Å². The molecule has 1 unspecified atom stereocenters. The van der Waals surface area contributed by atoms with Crippen molar-refractivity contribution in [3.8, 4) is 0 Å². The van der Waals surface area contributed by atoms with Gasteiger partial charge in [-0.1, -0.05) is 24.6 Å². The number of carbonyl (C=O) groups excluding carboxylic acids is 3. The van der Waals surface area contributed by atoms with Gasteiger partial charge in [-0.2, -0.15) is 0 Å². The van der Waals surface area contributed by atoms with Crippen molar-refractivity contribution in [1.29, 1.82) is 0 Å². The van der Waals surface area contributed by atoms with Gasteiger partial charge in [0.25, 0.3) is 5.24 Å². The molecule has 0 radical (unpaired) electrons. The van der Waals surface area contributed by atoms with Crippen LogP contribution in [0.15, 0.2) is 0 Å². The number of amides is 3. The zero-order valence-electron chi connectivity index (χ0n) is 10.8.